The van der Waals surface area contributed by atoms with Crippen LogP contribution in [0.1, 0.15) is 5.56 Å². The molecule has 102 valence electrons. The zero-order valence-electron chi connectivity index (χ0n) is 11.4. The van der Waals surface area contributed by atoms with Gasteiger partial charge in [0.2, 0.25) is 0 Å². The summed E-state index contributed by atoms with van der Waals surface area (Å²) in [6.07, 6.45) is 0. The predicted octanol–water partition coefficient (Wildman–Crippen LogP) is 2.79. The smallest absolute Gasteiger partial charge is 0.142 e. The maximum absolute atomic E-state index is 5.33. The number of hydrogen-bond acceptors (Lipinski definition) is 4. The van der Waals surface area contributed by atoms with Gasteiger partial charge in [-0.2, -0.15) is 0 Å². The molecule has 0 fully saturated rings. The number of methoxy groups -OCH3 is 1. The largest absolute Gasteiger partial charge is 0.495 e. The minimum Gasteiger partial charge on any atom is -0.495 e. The Hall–Kier alpha value is -2.49. The van der Waals surface area contributed by atoms with E-state index in [1.165, 1.54) is 0 Å². The van der Waals surface area contributed by atoms with E-state index in [9.17, 15) is 0 Å². The first-order valence-corrected chi connectivity index (χ1v) is 6.65. The molecule has 0 atom stereocenters. The minimum atomic E-state index is 0.832. The van der Waals surface area contributed by atoms with Crippen molar-refractivity contribution >= 4 is 17.2 Å². The molecule has 1 aliphatic heterocycles. The Kier molecular flexibility index (Phi) is 3.54. The van der Waals surface area contributed by atoms with Gasteiger partial charge in [-0.1, -0.05) is 12.1 Å². The van der Waals surface area contributed by atoms with Gasteiger partial charge in [0.1, 0.15) is 11.6 Å². The monoisotopic (exact) mass is 267 g/mol. The number of nitrogens with zero attached hydrogens (tertiary/aromatic N) is 1. The number of nitrogens with one attached hydrogen (secondary N) is 2. The van der Waals surface area contributed by atoms with Crippen LogP contribution in [0.4, 0.5) is 11.4 Å². The van der Waals surface area contributed by atoms with E-state index in [4.69, 9.17) is 4.74 Å². The molecule has 0 amide bonds. The van der Waals surface area contributed by atoms with Gasteiger partial charge in [0, 0.05) is 17.8 Å². The first-order chi connectivity index (χ1) is 9.86. The number of ether oxygens (including phenoxy) is 1. The summed E-state index contributed by atoms with van der Waals surface area (Å²) < 4.78 is 5.33. The van der Waals surface area contributed by atoms with E-state index in [0.29, 0.717) is 0 Å². The zero-order valence-corrected chi connectivity index (χ0v) is 11.4. The van der Waals surface area contributed by atoms with Gasteiger partial charge in [-0.25, -0.2) is 0 Å². The van der Waals surface area contributed by atoms with Gasteiger partial charge in [-0.15, -0.1) is 0 Å². The van der Waals surface area contributed by atoms with Gasteiger partial charge >= 0.3 is 0 Å². The summed E-state index contributed by atoms with van der Waals surface area (Å²) in [5, 5.41) is 6.63. The van der Waals surface area contributed by atoms with E-state index < -0.39 is 0 Å². The Morgan fingerprint density at radius 1 is 1.10 bits per heavy atom. The van der Waals surface area contributed by atoms with Crippen LogP contribution in [0.15, 0.2) is 53.5 Å². The van der Waals surface area contributed by atoms with Crippen molar-refractivity contribution in [1.29, 1.82) is 0 Å². The Morgan fingerprint density at radius 3 is 2.60 bits per heavy atom. The second-order valence-corrected chi connectivity index (χ2v) is 4.56. The number of amidine groups is 1. The van der Waals surface area contributed by atoms with Crippen molar-refractivity contribution in [3.05, 3.63) is 54.1 Å². The van der Waals surface area contributed by atoms with Crippen LogP contribution in [0.3, 0.4) is 0 Å². The van der Waals surface area contributed by atoms with Crippen molar-refractivity contribution in [1.82, 2.24) is 5.32 Å². The minimum absolute atomic E-state index is 0.832. The van der Waals surface area contributed by atoms with E-state index in [0.717, 1.165) is 41.6 Å². The molecule has 20 heavy (non-hydrogen) atoms. The summed E-state index contributed by atoms with van der Waals surface area (Å²) in [6.45, 7) is 1.78. The summed E-state index contributed by atoms with van der Waals surface area (Å²) in [4.78, 5) is 4.41. The van der Waals surface area contributed by atoms with Crippen LogP contribution < -0.4 is 15.4 Å². The maximum atomic E-state index is 5.33. The molecule has 0 radical (unpaired) electrons. The Balaban J connectivity index is 1.78. The molecule has 0 spiro atoms. The van der Waals surface area contributed by atoms with Crippen molar-refractivity contribution in [3.8, 4) is 5.75 Å². The fourth-order valence-electron chi connectivity index (χ4n) is 2.21. The van der Waals surface area contributed by atoms with E-state index in [1.807, 2.05) is 36.4 Å². The third-order valence-corrected chi connectivity index (χ3v) is 3.22. The highest BCUT2D eigenvalue weighted by Gasteiger charge is 2.07. The molecule has 0 aromatic heterocycles. The average molecular weight is 267 g/mol. The van der Waals surface area contributed by atoms with Gasteiger partial charge in [0.25, 0.3) is 0 Å². The number of aliphatic imine (C=N–C) groups is 1. The molecule has 0 bridgehead atoms. The standard InChI is InChI=1S/C16H17N3O/c1-20-15-5-3-2-4-14(15)19-13-8-6-12(7-9-13)16-17-10-11-18-16/h2-9,19H,10-11H2,1H3,(H,17,18). The summed E-state index contributed by atoms with van der Waals surface area (Å²) in [5.74, 6) is 1.81. The summed E-state index contributed by atoms with van der Waals surface area (Å²) >= 11 is 0. The van der Waals surface area contributed by atoms with Gasteiger partial charge in [0.05, 0.1) is 19.3 Å². The van der Waals surface area contributed by atoms with Crippen LogP contribution >= 0.6 is 0 Å². The molecule has 0 saturated heterocycles. The molecular formula is C16H17N3O. The van der Waals surface area contributed by atoms with E-state index in [-0.39, 0.29) is 0 Å². The van der Waals surface area contributed by atoms with Gasteiger partial charge in [-0.3, -0.25) is 4.99 Å². The Labute approximate surface area is 118 Å². The third-order valence-electron chi connectivity index (χ3n) is 3.22. The van der Waals surface area contributed by atoms with E-state index in [1.54, 1.807) is 7.11 Å². The number of para-hydroxylation sites is 2. The van der Waals surface area contributed by atoms with Crippen molar-refractivity contribution in [3.63, 3.8) is 0 Å². The fourth-order valence-corrected chi connectivity index (χ4v) is 2.21. The first-order valence-electron chi connectivity index (χ1n) is 6.65. The van der Waals surface area contributed by atoms with Crippen LogP contribution in [-0.2, 0) is 0 Å². The number of rotatable bonds is 4. The number of benzene rings is 2. The topological polar surface area (TPSA) is 45.6 Å². The highest BCUT2D eigenvalue weighted by Crippen LogP contribution is 2.27. The Bertz CT molecular complexity index is 620. The Morgan fingerprint density at radius 2 is 1.90 bits per heavy atom. The molecule has 4 heteroatoms. The van der Waals surface area contributed by atoms with Crippen LogP contribution in [0, 0.1) is 0 Å². The zero-order chi connectivity index (χ0) is 13.8. The third kappa shape index (κ3) is 2.59. The van der Waals surface area contributed by atoms with Gasteiger partial charge in [-0.05, 0) is 36.4 Å². The lowest BCUT2D eigenvalue weighted by Crippen LogP contribution is -2.19. The highest BCUT2D eigenvalue weighted by molar-refractivity contribution is 6.00. The lowest BCUT2D eigenvalue weighted by atomic mass is 10.2. The molecule has 3 rings (SSSR count). The van der Waals surface area contributed by atoms with E-state index in [2.05, 4.69) is 27.8 Å². The maximum Gasteiger partial charge on any atom is 0.142 e. The SMILES string of the molecule is COc1ccccc1Nc1ccc(C2=NCCN2)cc1. The number of anilines is 2. The summed E-state index contributed by atoms with van der Waals surface area (Å²) in [5.41, 5.74) is 3.10. The van der Waals surface area contributed by atoms with Crippen LogP contribution in [-0.4, -0.2) is 26.0 Å². The highest BCUT2D eigenvalue weighted by atomic mass is 16.5. The van der Waals surface area contributed by atoms with Gasteiger partial charge in [0.15, 0.2) is 0 Å². The average Bonchev–Trinajstić information content (AvgIpc) is 3.03. The lowest BCUT2D eigenvalue weighted by molar-refractivity contribution is 0.417. The second-order valence-electron chi connectivity index (χ2n) is 4.56. The predicted molar refractivity (Wildman–Crippen MR) is 82.1 cm³/mol. The van der Waals surface area contributed by atoms with Crippen molar-refractivity contribution in [2.45, 2.75) is 0 Å². The summed E-state index contributed by atoms with van der Waals surface area (Å²) in [7, 11) is 1.67. The molecule has 1 heterocycles. The van der Waals surface area contributed by atoms with Crippen molar-refractivity contribution < 1.29 is 4.74 Å². The molecule has 4 nitrogen and oxygen atoms in total. The molecule has 0 saturated carbocycles. The van der Waals surface area contributed by atoms with E-state index >= 15 is 0 Å². The molecule has 1 aliphatic rings. The normalized spacial score (nSPS) is 13.6. The molecule has 2 aromatic carbocycles. The van der Waals surface area contributed by atoms with Crippen molar-refractivity contribution in [2.75, 3.05) is 25.5 Å². The molecular weight excluding hydrogens is 250 g/mol. The van der Waals surface area contributed by atoms with Crippen LogP contribution in [0.5, 0.6) is 5.75 Å². The molecule has 2 aromatic rings. The summed E-state index contributed by atoms with van der Waals surface area (Å²) in [6, 6.07) is 16.1. The van der Waals surface area contributed by atoms with Crippen LogP contribution in [0.25, 0.3) is 0 Å². The van der Waals surface area contributed by atoms with Crippen LogP contribution in [0.2, 0.25) is 0 Å². The second kappa shape index (κ2) is 5.65. The molecule has 2 N–H and O–H groups in total. The van der Waals surface area contributed by atoms with Gasteiger partial charge < -0.3 is 15.4 Å². The lowest BCUT2D eigenvalue weighted by Gasteiger charge is -2.11. The quantitative estimate of drug-likeness (QED) is 0.895. The van der Waals surface area contributed by atoms with Crippen molar-refractivity contribution in [2.24, 2.45) is 4.99 Å². The fraction of sp³-hybridized carbons (Fsp3) is 0.188. The first kappa shape index (κ1) is 12.5. The molecule has 0 unspecified atom stereocenters. The number of hydrogen-bond donors (Lipinski definition) is 2. The molecule has 0 aliphatic carbocycles.